The molecule has 0 saturated heterocycles. The van der Waals surface area contributed by atoms with E-state index in [0.29, 0.717) is 6.54 Å². The molecule has 0 atom stereocenters. The van der Waals surface area contributed by atoms with E-state index in [0.717, 1.165) is 5.71 Å². The molecule has 0 spiro atoms. The van der Waals surface area contributed by atoms with Crippen molar-refractivity contribution in [2.75, 3.05) is 0 Å². The van der Waals surface area contributed by atoms with Gasteiger partial charge in [0.2, 0.25) is 0 Å². The predicted octanol–water partition coefficient (Wildman–Crippen LogP) is 9.16. The van der Waals surface area contributed by atoms with Gasteiger partial charge in [-0.1, -0.05) is 78.9 Å². The third kappa shape index (κ3) is 3.35. The third-order valence-electron chi connectivity index (χ3n) is 7.04. The van der Waals surface area contributed by atoms with Crippen LogP contribution in [0.5, 0.6) is 0 Å². The van der Waals surface area contributed by atoms with Gasteiger partial charge in [0.05, 0.1) is 17.6 Å². The van der Waals surface area contributed by atoms with Crippen molar-refractivity contribution >= 4 is 59.0 Å². The van der Waals surface area contributed by atoms with E-state index in [-0.39, 0.29) is 0 Å². The van der Waals surface area contributed by atoms with Crippen LogP contribution in [0, 0.1) is 0 Å². The van der Waals surface area contributed by atoms with Gasteiger partial charge in [-0.25, -0.2) is 0 Å². The zero-order valence-corrected chi connectivity index (χ0v) is 20.8. The molecule has 2 nitrogen and oxygen atoms in total. The Hall–Kier alpha value is -4.21. The van der Waals surface area contributed by atoms with Crippen molar-refractivity contribution in [3.63, 3.8) is 0 Å². The van der Waals surface area contributed by atoms with Crippen LogP contribution in [-0.2, 0) is 6.54 Å². The van der Waals surface area contributed by atoms with Crippen LogP contribution in [0.25, 0.3) is 47.7 Å². The molecule has 0 aliphatic carbocycles. The van der Waals surface area contributed by atoms with E-state index in [1.807, 2.05) is 11.3 Å². The lowest BCUT2D eigenvalue weighted by Gasteiger charge is -2.08. The first-order valence-electron chi connectivity index (χ1n) is 12.3. The Bertz CT molecular complexity index is 1920. The first kappa shape index (κ1) is 21.1. The van der Waals surface area contributed by atoms with Crippen molar-refractivity contribution < 1.29 is 0 Å². The summed E-state index contributed by atoms with van der Waals surface area (Å²) < 4.78 is 5.01. The van der Waals surface area contributed by atoms with Crippen LogP contribution in [-0.4, -0.2) is 10.3 Å². The molecule has 0 fully saturated rings. The minimum absolute atomic E-state index is 0.649. The highest BCUT2D eigenvalue weighted by Gasteiger charge is 2.13. The molecule has 0 aliphatic heterocycles. The van der Waals surface area contributed by atoms with E-state index in [2.05, 4.69) is 127 Å². The lowest BCUT2D eigenvalue weighted by Crippen LogP contribution is -1.97. The maximum Gasteiger partial charge on any atom is 0.0643 e. The fourth-order valence-corrected chi connectivity index (χ4v) is 6.47. The number of hydrogen-bond acceptors (Lipinski definition) is 2. The molecule has 0 amide bonds. The maximum absolute atomic E-state index is 5.08. The number of thiophene rings is 1. The van der Waals surface area contributed by atoms with Crippen LogP contribution >= 0.6 is 11.3 Å². The van der Waals surface area contributed by atoms with E-state index < -0.39 is 0 Å². The Labute approximate surface area is 213 Å². The standard InChI is InChI=1S/C33H24N2S/c1-22(25-14-9-17-32-33(25)28-13-6-8-16-31(28)36-32)34-21-23-18-19-27-26-12-5-7-15-29(26)35(30(27)20-23)24-10-3-2-4-11-24/h2-20H,21H2,1H3/b34-22+. The van der Waals surface area contributed by atoms with E-state index in [9.17, 15) is 0 Å². The first-order chi connectivity index (χ1) is 17.8. The quantitative estimate of drug-likeness (QED) is 0.223. The Kier molecular flexibility index (Phi) is 4.97. The molecule has 0 N–H and O–H groups in total. The van der Waals surface area contributed by atoms with E-state index >= 15 is 0 Å². The topological polar surface area (TPSA) is 17.3 Å². The van der Waals surface area contributed by atoms with Crippen LogP contribution in [0.2, 0.25) is 0 Å². The van der Waals surface area contributed by atoms with Gasteiger partial charge in [-0.15, -0.1) is 11.3 Å². The number of para-hydroxylation sites is 2. The van der Waals surface area contributed by atoms with Crippen LogP contribution in [0.15, 0.2) is 120 Å². The Morgan fingerprint density at radius 3 is 2.28 bits per heavy atom. The summed E-state index contributed by atoms with van der Waals surface area (Å²) in [4.78, 5) is 5.08. The van der Waals surface area contributed by atoms with Gasteiger partial charge in [0.15, 0.2) is 0 Å². The van der Waals surface area contributed by atoms with Crippen molar-refractivity contribution in [3.05, 3.63) is 126 Å². The van der Waals surface area contributed by atoms with Gasteiger partial charge in [-0.05, 0) is 48.9 Å². The van der Waals surface area contributed by atoms with Crippen LogP contribution in [0.1, 0.15) is 18.1 Å². The number of aliphatic imine (C=N–C) groups is 1. The van der Waals surface area contributed by atoms with Crippen LogP contribution < -0.4 is 0 Å². The molecule has 7 aromatic rings. The molecule has 7 rings (SSSR count). The summed E-state index contributed by atoms with van der Waals surface area (Å²) in [7, 11) is 0. The molecule has 2 heterocycles. The number of benzene rings is 5. The second-order valence-electron chi connectivity index (χ2n) is 9.22. The molecule has 2 aromatic heterocycles. The fraction of sp³-hybridized carbons (Fsp3) is 0.0606. The Morgan fingerprint density at radius 2 is 1.39 bits per heavy atom. The molecule has 3 heteroatoms. The number of nitrogens with zero attached hydrogens (tertiary/aromatic N) is 2. The summed E-state index contributed by atoms with van der Waals surface area (Å²) in [6.45, 7) is 2.79. The molecule has 0 saturated carbocycles. The summed E-state index contributed by atoms with van der Waals surface area (Å²) in [5, 5.41) is 5.18. The van der Waals surface area contributed by atoms with E-state index in [1.54, 1.807) is 0 Å². The molecule has 0 unspecified atom stereocenters. The van der Waals surface area contributed by atoms with Crippen molar-refractivity contribution in [1.29, 1.82) is 0 Å². The highest BCUT2D eigenvalue weighted by molar-refractivity contribution is 7.25. The van der Waals surface area contributed by atoms with E-state index in [4.69, 9.17) is 4.99 Å². The highest BCUT2D eigenvalue weighted by atomic mass is 32.1. The Balaban J connectivity index is 1.33. The Morgan fingerprint density at radius 1 is 0.667 bits per heavy atom. The van der Waals surface area contributed by atoms with Gasteiger partial charge < -0.3 is 4.57 Å². The minimum atomic E-state index is 0.649. The molecule has 36 heavy (non-hydrogen) atoms. The average molecular weight is 481 g/mol. The first-order valence-corrected chi connectivity index (χ1v) is 13.1. The second-order valence-corrected chi connectivity index (χ2v) is 10.3. The van der Waals surface area contributed by atoms with Crippen molar-refractivity contribution in [3.8, 4) is 5.69 Å². The molecular weight excluding hydrogens is 456 g/mol. The monoisotopic (exact) mass is 480 g/mol. The molecular formula is C33H24N2S. The maximum atomic E-state index is 5.08. The second kappa shape index (κ2) is 8.47. The summed E-state index contributed by atoms with van der Waals surface area (Å²) in [5.74, 6) is 0. The molecule has 172 valence electrons. The van der Waals surface area contributed by atoms with Crippen molar-refractivity contribution in [2.24, 2.45) is 4.99 Å². The number of fused-ring (bicyclic) bond motifs is 6. The summed E-state index contributed by atoms with van der Waals surface area (Å²) >= 11 is 1.85. The van der Waals surface area contributed by atoms with Gasteiger partial charge in [0, 0.05) is 47.9 Å². The normalized spacial score (nSPS) is 12.3. The van der Waals surface area contributed by atoms with Gasteiger partial charge >= 0.3 is 0 Å². The number of rotatable bonds is 4. The molecule has 0 bridgehead atoms. The van der Waals surface area contributed by atoms with Crippen LogP contribution in [0.4, 0.5) is 0 Å². The van der Waals surface area contributed by atoms with Gasteiger partial charge in [-0.2, -0.15) is 0 Å². The van der Waals surface area contributed by atoms with Gasteiger partial charge in [-0.3, -0.25) is 4.99 Å². The lowest BCUT2D eigenvalue weighted by atomic mass is 10.0. The average Bonchev–Trinajstić information content (AvgIpc) is 3.47. The summed E-state index contributed by atoms with van der Waals surface area (Å²) in [6.07, 6.45) is 0. The van der Waals surface area contributed by atoms with Gasteiger partial charge in [0.25, 0.3) is 0 Å². The van der Waals surface area contributed by atoms with Gasteiger partial charge in [0.1, 0.15) is 0 Å². The van der Waals surface area contributed by atoms with E-state index in [1.165, 1.54) is 58.8 Å². The van der Waals surface area contributed by atoms with Crippen LogP contribution in [0.3, 0.4) is 0 Å². The molecule has 0 radical (unpaired) electrons. The summed E-state index contributed by atoms with van der Waals surface area (Å²) in [6, 6.07) is 41.3. The third-order valence-corrected chi connectivity index (χ3v) is 8.18. The van der Waals surface area contributed by atoms with Crippen molar-refractivity contribution in [2.45, 2.75) is 13.5 Å². The van der Waals surface area contributed by atoms with Crippen molar-refractivity contribution in [1.82, 2.24) is 4.57 Å². The predicted molar refractivity (Wildman–Crippen MR) is 156 cm³/mol. The summed E-state index contributed by atoms with van der Waals surface area (Å²) in [5.41, 5.74) is 7.14. The fourth-order valence-electron chi connectivity index (χ4n) is 5.34. The number of hydrogen-bond donors (Lipinski definition) is 0. The minimum Gasteiger partial charge on any atom is -0.309 e. The SMILES string of the molecule is C/C(=N\Cc1ccc2c3ccccc3n(-c3ccccc3)c2c1)c1cccc2sc3ccccc3c12. The smallest absolute Gasteiger partial charge is 0.0643 e. The zero-order chi connectivity index (χ0) is 24.1. The molecule has 0 aliphatic rings. The zero-order valence-electron chi connectivity index (χ0n) is 20.0. The largest absolute Gasteiger partial charge is 0.309 e. The molecule has 5 aromatic carbocycles. The highest BCUT2D eigenvalue weighted by Crippen LogP contribution is 2.36. The lowest BCUT2D eigenvalue weighted by molar-refractivity contribution is 1.06. The number of aromatic nitrogens is 1.